The summed E-state index contributed by atoms with van der Waals surface area (Å²) in [6.45, 7) is 7.41. The van der Waals surface area contributed by atoms with Gasteiger partial charge in [-0.3, -0.25) is 0 Å². The van der Waals surface area contributed by atoms with Gasteiger partial charge in [0.15, 0.2) is 0 Å². The zero-order chi connectivity index (χ0) is 13.6. The summed E-state index contributed by atoms with van der Waals surface area (Å²) >= 11 is 3.59. The minimum absolute atomic E-state index is 0.252. The first kappa shape index (κ1) is 15.7. The number of rotatable bonds is 7. The van der Waals surface area contributed by atoms with Crippen molar-refractivity contribution in [3.63, 3.8) is 0 Å². The molecule has 0 saturated heterocycles. The molecule has 0 radical (unpaired) electrons. The first-order valence-electron chi connectivity index (χ1n) is 6.56. The van der Waals surface area contributed by atoms with Crippen LogP contribution < -0.4 is 5.73 Å². The Kier molecular flexibility index (Phi) is 6.33. The number of benzene rings is 1. The van der Waals surface area contributed by atoms with E-state index in [-0.39, 0.29) is 5.41 Å². The maximum absolute atomic E-state index is 5.75. The van der Waals surface area contributed by atoms with E-state index in [4.69, 9.17) is 5.73 Å². The molecule has 0 heterocycles. The summed E-state index contributed by atoms with van der Waals surface area (Å²) in [4.78, 5) is 2.39. The average molecular weight is 313 g/mol. The highest BCUT2D eigenvalue weighted by Crippen LogP contribution is 2.19. The second-order valence-electron chi connectivity index (χ2n) is 5.76. The largest absolute Gasteiger partial charge is 0.330 e. The van der Waals surface area contributed by atoms with E-state index in [1.807, 2.05) is 0 Å². The molecule has 1 aromatic carbocycles. The maximum Gasteiger partial charge on any atom is 0.0207 e. The maximum atomic E-state index is 5.75. The van der Waals surface area contributed by atoms with Gasteiger partial charge in [0.05, 0.1) is 0 Å². The summed E-state index contributed by atoms with van der Waals surface area (Å²) in [7, 11) is 2.18. The number of nitrogens with two attached hydrogens (primary N) is 1. The Bertz CT molecular complexity index is 363. The summed E-state index contributed by atoms with van der Waals surface area (Å²) in [6.07, 6.45) is 2.23. The van der Waals surface area contributed by atoms with Crippen molar-refractivity contribution in [1.82, 2.24) is 4.90 Å². The van der Waals surface area contributed by atoms with Gasteiger partial charge in [-0.25, -0.2) is 0 Å². The Morgan fingerprint density at radius 2 is 1.89 bits per heavy atom. The van der Waals surface area contributed by atoms with Crippen molar-refractivity contribution in [3.8, 4) is 0 Å². The standard InChI is InChI=1S/C15H25BrN2/c1-15(2,12-17)9-11-18(3)10-8-13-6-4-5-7-14(13)16/h4-7H,8-12,17H2,1-3H3. The average Bonchev–Trinajstić information content (AvgIpc) is 2.35. The topological polar surface area (TPSA) is 29.3 Å². The molecule has 2 N–H and O–H groups in total. The van der Waals surface area contributed by atoms with E-state index in [9.17, 15) is 0 Å². The van der Waals surface area contributed by atoms with Crippen LogP contribution in [0.25, 0.3) is 0 Å². The predicted octanol–water partition coefficient (Wildman–Crippen LogP) is 3.30. The molecule has 0 aliphatic heterocycles. The first-order chi connectivity index (χ1) is 8.44. The van der Waals surface area contributed by atoms with Gasteiger partial charge < -0.3 is 10.6 Å². The third kappa shape index (κ3) is 5.51. The molecule has 0 bridgehead atoms. The van der Waals surface area contributed by atoms with E-state index >= 15 is 0 Å². The van der Waals surface area contributed by atoms with Gasteiger partial charge in [-0.05, 0) is 50.0 Å². The Hall–Kier alpha value is -0.380. The quantitative estimate of drug-likeness (QED) is 0.837. The highest BCUT2D eigenvalue weighted by molar-refractivity contribution is 9.10. The van der Waals surface area contributed by atoms with Gasteiger partial charge in [0.2, 0.25) is 0 Å². The van der Waals surface area contributed by atoms with Gasteiger partial charge in [0.25, 0.3) is 0 Å². The van der Waals surface area contributed by atoms with Gasteiger partial charge in [-0.15, -0.1) is 0 Å². The van der Waals surface area contributed by atoms with Gasteiger partial charge in [-0.1, -0.05) is 48.0 Å². The molecule has 0 aromatic heterocycles. The lowest BCUT2D eigenvalue weighted by molar-refractivity contribution is 0.255. The summed E-state index contributed by atoms with van der Waals surface area (Å²) in [5, 5.41) is 0. The molecule has 0 fully saturated rings. The van der Waals surface area contributed by atoms with Crippen molar-refractivity contribution in [2.75, 3.05) is 26.7 Å². The number of halogens is 1. The van der Waals surface area contributed by atoms with E-state index < -0.39 is 0 Å². The number of nitrogens with zero attached hydrogens (tertiary/aromatic N) is 1. The smallest absolute Gasteiger partial charge is 0.0207 e. The lowest BCUT2D eigenvalue weighted by Crippen LogP contribution is -2.30. The minimum Gasteiger partial charge on any atom is -0.330 e. The van der Waals surface area contributed by atoms with E-state index in [2.05, 4.69) is 66.0 Å². The lowest BCUT2D eigenvalue weighted by Gasteiger charge is -2.26. The fraction of sp³-hybridized carbons (Fsp3) is 0.600. The van der Waals surface area contributed by atoms with E-state index in [1.165, 1.54) is 10.0 Å². The van der Waals surface area contributed by atoms with Crippen LogP contribution in [0.1, 0.15) is 25.8 Å². The van der Waals surface area contributed by atoms with Crippen LogP contribution in [0.3, 0.4) is 0 Å². The normalized spacial score (nSPS) is 12.1. The molecule has 1 aromatic rings. The van der Waals surface area contributed by atoms with E-state index in [1.54, 1.807) is 0 Å². The van der Waals surface area contributed by atoms with Crippen LogP contribution in [0.4, 0.5) is 0 Å². The van der Waals surface area contributed by atoms with Gasteiger partial charge in [-0.2, -0.15) is 0 Å². The fourth-order valence-electron chi connectivity index (χ4n) is 1.72. The van der Waals surface area contributed by atoms with E-state index in [0.29, 0.717) is 0 Å². The highest BCUT2D eigenvalue weighted by Gasteiger charge is 2.15. The second-order valence-corrected chi connectivity index (χ2v) is 6.62. The van der Waals surface area contributed by atoms with E-state index in [0.717, 1.165) is 32.5 Å². The molecule has 102 valence electrons. The van der Waals surface area contributed by atoms with Crippen molar-refractivity contribution in [2.24, 2.45) is 11.1 Å². The van der Waals surface area contributed by atoms with Crippen LogP contribution in [-0.4, -0.2) is 31.6 Å². The number of likely N-dealkylation sites (N-methyl/N-ethyl adjacent to an activating group) is 1. The van der Waals surface area contributed by atoms with Crippen molar-refractivity contribution in [3.05, 3.63) is 34.3 Å². The van der Waals surface area contributed by atoms with Crippen LogP contribution in [-0.2, 0) is 6.42 Å². The summed E-state index contributed by atoms with van der Waals surface area (Å²) in [5.74, 6) is 0. The molecule has 0 unspecified atom stereocenters. The molecule has 0 atom stereocenters. The zero-order valence-electron chi connectivity index (χ0n) is 11.7. The molecule has 1 rings (SSSR count). The molecule has 0 amide bonds. The molecule has 0 spiro atoms. The Morgan fingerprint density at radius 3 is 2.50 bits per heavy atom. The predicted molar refractivity (Wildman–Crippen MR) is 82.8 cm³/mol. The van der Waals surface area contributed by atoms with Crippen molar-refractivity contribution in [1.29, 1.82) is 0 Å². The summed E-state index contributed by atoms with van der Waals surface area (Å²) in [5.41, 5.74) is 7.38. The van der Waals surface area contributed by atoms with Crippen LogP contribution in [0, 0.1) is 5.41 Å². The van der Waals surface area contributed by atoms with Crippen LogP contribution in [0.15, 0.2) is 28.7 Å². The van der Waals surface area contributed by atoms with Crippen molar-refractivity contribution < 1.29 is 0 Å². The van der Waals surface area contributed by atoms with Crippen LogP contribution >= 0.6 is 15.9 Å². The summed E-state index contributed by atoms with van der Waals surface area (Å²) in [6, 6.07) is 8.44. The SMILES string of the molecule is CN(CCc1ccccc1Br)CCC(C)(C)CN. The van der Waals surface area contributed by atoms with Crippen molar-refractivity contribution in [2.45, 2.75) is 26.7 Å². The molecule has 18 heavy (non-hydrogen) atoms. The molecule has 0 aliphatic rings. The van der Waals surface area contributed by atoms with Crippen molar-refractivity contribution >= 4 is 15.9 Å². The third-order valence-electron chi connectivity index (χ3n) is 3.44. The lowest BCUT2D eigenvalue weighted by atomic mass is 9.89. The molecule has 0 aliphatic carbocycles. The Balaban J connectivity index is 2.34. The number of hydrogen-bond acceptors (Lipinski definition) is 2. The summed E-state index contributed by atoms with van der Waals surface area (Å²) < 4.78 is 1.21. The van der Waals surface area contributed by atoms with Gasteiger partial charge in [0, 0.05) is 11.0 Å². The minimum atomic E-state index is 0.252. The van der Waals surface area contributed by atoms with Crippen LogP contribution in [0.5, 0.6) is 0 Å². The monoisotopic (exact) mass is 312 g/mol. The molecular formula is C15H25BrN2. The first-order valence-corrected chi connectivity index (χ1v) is 7.36. The number of hydrogen-bond donors (Lipinski definition) is 1. The molecule has 2 nitrogen and oxygen atoms in total. The Labute approximate surface area is 120 Å². The Morgan fingerprint density at radius 1 is 1.22 bits per heavy atom. The highest BCUT2D eigenvalue weighted by atomic mass is 79.9. The second kappa shape index (κ2) is 7.27. The van der Waals surface area contributed by atoms with Crippen LogP contribution in [0.2, 0.25) is 0 Å². The zero-order valence-corrected chi connectivity index (χ0v) is 13.3. The molecule has 3 heteroatoms. The van der Waals surface area contributed by atoms with Gasteiger partial charge >= 0.3 is 0 Å². The fourth-order valence-corrected chi connectivity index (χ4v) is 2.20. The van der Waals surface area contributed by atoms with Gasteiger partial charge in [0.1, 0.15) is 0 Å². The molecule has 0 saturated carbocycles. The molecular weight excluding hydrogens is 288 g/mol. The third-order valence-corrected chi connectivity index (χ3v) is 4.22.